The number of hydrogen-bond acceptors (Lipinski definition) is 5. The fourth-order valence-corrected chi connectivity index (χ4v) is 4.60. The van der Waals surface area contributed by atoms with Gasteiger partial charge in [-0.15, -0.1) is 0 Å². The number of esters is 1. The monoisotopic (exact) mass is 424 g/mol. The van der Waals surface area contributed by atoms with Crippen molar-refractivity contribution in [3.05, 3.63) is 102 Å². The van der Waals surface area contributed by atoms with Crippen LogP contribution in [-0.4, -0.2) is 11.8 Å². The highest BCUT2D eigenvalue weighted by molar-refractivity contribution is 5.90. The van der Waals surface area contributed by atoms with Crippen molar-refractivity contribution >= 4 is 23.1 Å². The molecule has 5 nitrogen and oxygen atoms in total. The summed E-state index contributed by atoms with van der Waals surface area (Å²) in [5.41, 5.74) is 4.91. The molecule has 2 N–H and O–H groups in total. The average Bonchev–Trinajstić information content (AvgIpc) is 2.97. The Bertz CT molecular complexity index is 1190. The van der Waals surface area contributed by atoms with Gasteiger partial charge in [0.1, 0.15) is 11.5 Å². The van der Waals surface area contributed by atoms with Crippen LogP contribution in [-0.2, 0) is 9.59 Å². The van der Waals surface area contributed by atoms with Crippen LogP contribution >= 0.6 is 0 Å². The smallest absolute Gasteiger partial charge is 0.308 e. The first kappa shape index (κ1) is 20.1. The molecular formula is C27H24N2O3. The molecule has 32 heavy (non-hydrogen) atoms. The molecule has 3 atom stereocenters. The standard InChI is InChI=1S/C27H24N2O3/c1-17(30)32-21-13-11-19(12-14-21)27-26-24(28-22-9-5-6-10-23(22)29-27)15-20(16-25(26)31)18-7-3-2-4-8-18/h2-15,20,26-29H,16H2,1H3. The molecule has 0 saturated carbocycles. The summed E-state index contributed by atoms with van der Waals surface area (Å²) in [6.07, 6.45) is 2.66. The minimum absolute atomic E-state index is 0.0414. The van der Waals surface area contributed by atoms with Crippen LogP contribution in [0, 0.1) is 5.92 Å². The molecule has 0 fully saturated rings. The van der Waals surface area contributed by atoms with E-state index in [9.17, 15) is 9.59 Å². The van der Waals surface area contributed by atoms with Crippen LogP contribution in [0.3, 0.4) is 0 Å². The predicted molar refractivity (Wildman–Crippen MR) is 125 cm³/mol. The minimum atomic E-state index is -0.358. The maximum atomic E-state index is 13.5. The second-order valence-electron chi connectivity index (χ2n) is 8.24. The van der Waals surface area contributed by atoms with Crippen molar-refractivity contribution in [2.45, 2.75) is 25.3 Å². The summed E-state index contributed by atoms with van der Waals surface area (Å²) in [7, 11) is 0. The van der Waals surface area contributed by atoms with Gasteiger partial charge in [0.25, 0.3) is 0 Å². The summed E-state index contributed by atoms with van der Waals surface area (Å²) in [6, 6.07) is 25.3. The maximum absolute atomic E-state index is 13.5. The van der Waals surface area contributed by atoms with E-state index in [4.69, 9.17) is 4.74 Å². The fraction of sp³-hybridized carbons (Fsp3) is 0.185. The van der Waals surface area contributed by atoms with Crippen molar-refractivity contribution in [2.75, 3.05) is 10.6 Å². The van der Waals surface area contributed by atoms with Gasteiger partial charge in [-0.05, 0) is 35.4 Å². The van der Waals surface area contributed by atoms with Gasteiger partial charge < -0.3 is 15.4 Å². The number of ketones is 1. The Morgan fingerprint density at radius 1 is 0.875 bits per heavy atom. The van der Waals surface area contributed by atoms with Gasteiger partial charge in [-0.25, -0.2) is 0 Å². The number of nitrogens with one attached hydrogen (secondary N) is 2. The van der Waals surface area contributed by atoms with E-state index < -0.39 is 0 Å². The van der Waals surface area contributed by atoms with E-state index in [-0.39, 0.29) is 29.6 Å². The van der Waals surface area contributed by atoms with Crippen molar-refractivity contribution < 1.29 is 14.3 Å². The van der Waals surface area contributed by atoms with Gasteiger partial charge in [0.05, 0.1) is 23.3 Å². The summed E-state index contributed by atoms with van der Waals surface area (Å²) in [6.45, 7) is 1.38. The van der Waals surface area contributed by atoms with Crippen LogP contribution in [0.4, 0.5) is 11.4 Å². The van der Waals surface area contributed by atoms with E-state index in [2.05, 4.69) is 28.8 Å². The van der Waals surface area contributed by atoms with E-state index >= 15 is 0 Å². The maximum Gasteiger partial charge on any atom is 0.308 e. The first-order chi connectivity index (χ1) is 15.6. The van der Waals surface area contributed by atoms with Crippen molar-refractivity contribution in [3.63, 3.8) is 0 Å². The summed E-state index contributed by atoms with van der Waals surface area (Å²) in [5.74, 6) is 0.0197. The lowest BCUT2D eigenvalue weighted by molar-refractivity contribution is -0.131. The lowest BCUT2D eigenvalue weighted by Gasteiger charge is -2.32. The number of ether oxygens (including phenoxy) is 1. The molecule has 0 radical (unpaired) electrons. The lowest BCUT2D eigenvalue weighted by atomic mass is 9.76. The first-order valence-corrected chi connectivity index (χ1v) is 10.8. The Morgan fingerprint density at radius 2 is 1.56 bits per heavy atom. The largest absolute Gasteiger partial charge is 0.427 e. The van der Waals surface area contributed by atoms with Crippen LogP contribution in [0.15, 0.2) is 90.6 Å². The van der Waals surface area contributed by atoms with E-state index in [1.807, 2.05) is 54.6 Å². The summed E-state index contributed by atoms with van der Waals surface area (Å²) >= 11 is 0. The van der Waals surface area contributed by atoms with Crippen LogP contribution in [0.25, 0.3) is 0 Å². The van der Waals surface area contributed by atoms with Crippen LogP contribution in [0.2, 0.25) is 0 Å². The third kappa shape index (κ3) is 3.89. The quantitative estimate of drug-likeness (QED) is 0.432. The molecule has 1 aliphatic heterocycles. The van der Waals surface area contributed by atoms with Crippen LogP contribution in [0.5, 0.6) is 5.75 Å². The molecule has 5 heteroatoms. The van der Waals surface area contributed by atoms with Crippen molar-refractivity contribution in [1.82, 2.24) is 0 Å². The molecule has 3 aromatic rings. The number of para-hydroxylation sites is 2. The molecule has 0 aromatic heterocycles. The zero-order chi connectivity index (χ0) is 22.1. The molecule has 1 heterocycles. The Labute approximate surface area is 187 Å². The molecule has 160 valence electrons. The third-order valence-electron chi connectivity index (χ3n) is 6.06. The zero-order valence-corrected chi connectivity index (χ0v) is 17.7. The molecule has 1 aliphatic carbocycles. The molecule has 3 aromatic carbocycles. The molecule has 0 spiro atoms. The third-order valence-corrected chi connectivity index (χ3v) is 6.06. The van der Waals surface area contributed by atoms with Crippen LogP contribution in [0.1, 0.15) is 36.4 Å². The summed E-state index contributed by atoms with van der Waals surface area (Å²) < 4.78 is 5.18. The Morgan fingerprint density at radius 3 is 2.28 bits per heavy atom. The Hall–Kier alpha value is -3.86. The van der Waals surface area contributed by atoms with Gasteiger partial charge in [0.15, 0.2) is 0 Å². The van der Waals surface area contributed by atoms with Gasteiger partial charge in [0, 0.05) is 25.0 Å². The van der Waals surface area contributed by atoms with E-state index in [1.54, 1.807) is 12.1 Å². The van der Waals surface area contributed by atoms with Gasteiger partial charge in [-0.3, -0.25) is 9.59 Å². The number of carbonyl (C=O) groups is 2. The van der Waals surface area contributed by atoms with Crippen molar-refractivity contribution in [2.24, 2.45) is 5.92 Å². The second-order valence-corrected chi connectivity index (χ2v) is 8.24. The summed E-state index contributed by atoms with van der Waals surface area (Å²) in [5, 5.41) is 7.13. The number of anilines is 2. The second kappa shape index (κ2) is 8.35. The molecule has 0 saturated heterocycles. The van der Waals surface area contributed by atoms with E-state index in [0.29, 0.717) is 12.2 Å². The highest BCUT2D eigenvalue weighted by atomic mass is 16.5. The number of carbonyl (C=O) groups excluding carboxylic acids is 2. The molecule has 0 bridgehead atoms. The zero-order valence-electron chi connectivity index (χ0n) is 17.7. The average molecular weight is 425 g/mol. The molecule has 0 amide bonds. The molecule has 3 unspecified atom stereocenters. The van der Waals surface area contributed by atoms with Gasteiger partial charge in [0.2, 0.25) is 0 Å². The molecule has 2 aliphatic rings. The van der Waals surface area contributed by atoms with E-state index in [0.717, 1.165) is 28.2 Å². The minimum Gasteiger partial charge on any atom is -0.427 e. The number of allylic oxidation sites excluding steroid dienone is 1. The molecular weight excluding hydrogens is 400 g/mol. The van der Waals surface area contributed by atoms with Crippen LogP contribution < -0.4 is 15.4 Å². The van der Waals surface area contributed by atoms with Gasteiger partial charge in [-0.2, -0.15) is 0 Å². The lowest BCUT2D eigenvalue weighted by Crippen LogP contribution is -2.33. The Balaban J connectivity index is 1.57. The van der Waals surface area contributed by atoms with Crippen molar-refractivity contribution in [1.29, 1.82) is 0 Å². The fourth-order valence-electron chi connectivity index (χ4n) is 4.60. The SMILES string of the molecule is CC(=O)Oc1ccc(C2Nc3ccccc3NC3=CC(c4ccccc4)CC(=O)C32)cc1. The highest BCUT2D eigenvalue weighted by Crippen LogP contribution is 2.44. The normalized spacial score (nSPS) is 21.7. The number of fused-ring (bicyclic) bond motifs is 2. The predicted octanol–water partition coefficient (Wildman–Crippen LogP) is 5.45. The van der Waals surface area contributed by atoms with Gasteiger partial charge >= 0.3 is 5.97 Å². The van der Waals surface area contributed by atoms with Crippen molar-refractivity contribution in [3.8, 4) is 5.75 Å². The number of Topliss-reactive ketones (excluding diaryl/α,β-unsaturated/α-hetero) is 1. The molecule has 5 rings (SSSR count). The van der Waals surface area contributed by atoms with Gasteiger partial charge in [-0.1, -0.05) is 60.7 Å². The van der Waals surface area contributed by atoms with E-state index in [1.165, 1.54) is 6.92 Å². The summed E-state index contributed by atoms with van der Waals surface area (Å²) in [4.78, 5) is 24.8. The number of rotatable bonds is 3. The highest BCUT2D eigenvalue weighted by Gasteiger charge is 2.39. The number of hydrogen-bond donors (Lipinski definition) is 2. The first-order valence-electron chi connectivity index (χ1n) is 10.8. The topological polar surface area (TPSA) is 67.4 Å². The number of benzene rings is 3. The Kier molecular flexibility index (Phi) is 5.23.